The summed E-state index contributed by atoms with van der Waals surface area (Å²) in [4.78, 5) is 29.3. The molecular formula is C13H17N7O3. The summed E-state index contributed by atoms with van der Waals surface area (Å²) in [5.41, 5.74) is 8.03. The molecule has 0 aliphatic carbocycles. The van der Waals surface area contributed by atoms with Crippen molar-refractivity contribution in [2.75, 3.05) is 18.0 Å². The number of carbonyl (C=O) groups is 2. The molecule has 0 saturated carbocycles. The summed E-state index contributed by atoms with van der Waals surface area (Å²) in [6, 6.07) is -0.222. The highest BCUT2D eigenvalue weighted by Crippen LogP contribution is 2.31. The van der Waals surface area contributed by atoms with E-state index in [9.17, 15) is 14.7 Å². The minimum Gasteiger partial charge on any atom is -0.530 e. The molecule has 3 heterocycles. The third-order valence-electron chi connectivity index (χ3n) is 4.36. The molecule has 10 heteroatoms. The van der Waals surface area contributed by atoms with Crippen molar-refractivity contribution < 1.29 is 14.7 Å². The summed E-state index contributed by atoms with van der Waals surface area (Å²) in [5, 5.41) is 19.1. The van der Waals surface area contributed by atoms with Crippen molar-refractivity contribution in [2.24, 2.45) is 11.0 Å². The molecule has 1 aromatic heterocycles. The van der Waals surface area contributed by atoms with Crippen LogP contribution in [0.3, 0.4) is 0 Å². The Kier molecular flexibility index (Phi) is 3.83. The smallest absolute Gasteiger partial charge is 0.227 e. The fourth-order valence-corrected chi connectivity index (χ4v) is 3.15. The summed E-state index contributed by atoms with van der Waals surface area (Å²) in [5.74, 6) is -0.0449. The number of anilines is 1. The van der Waals surface area contributed by atoms with E-state index < -0.39 is 6.09 Å². The van der Waals surface area contributed by atoms with Gasteiger partial charge in [0.1, 0.15) is 23.3 Å². The average molecular weight is 319 g/mol. The summed E-state index contributed by atoms with van der Waals surface area (Å²) in [6.45, 7) is 3.18. The van der Waals surface area contributed by atoms with Crippen molar-refractivity contribution in [3.05, 3.63) is 11.9 Å². The zero-order valence-corrected chi connectivity index (χ0v) is 12.7. The van der Waals surface area contributed by atoms with E-state index >= 15 is 0 Å². The Morgan fingerprint density at radius 3 is 3.04 bits per heavy atom. The molecule has 0 radical (unpaired) electrons. The largest absolute Gasteiger partial charge is 0.530 e. The van der Waals surface area contributed by atoms with Crippen LogP contribution in [0.25, 0.3) is 0 Å². The van der Waals surface area contributed by atoms with Crippen LogP contribution in [0.4, 0.5) is 10.5 Å². The highest BCUT2D eigenvalue weighted by molar-refractivity contribution is 5.96. The molecule has 3 rings (SSSR count). The first-order chi connectivity index (χ1) is 11.0. The minimum atomic E-state index is -1.22. The van der Waals surface area contributed by atoms with Crippen LogP contribution in [0.1, 0.15) is 19.0 Å². The first-order valence-corrected chi connectivity index (χ1v) is 7.37. The Morgan fingerprint density at radius 2 is 2.35 bits per heavy atom. The molecule has 2 amide bonds. The maximum absolute atomic E-state index is 12.2. The summed E-state index contributed by atoms with van der Waals surface area (Å²) in [7, 11) is 0. The van der Waals surface area contributed by atoms with Gasteiger partial charge in [-0.3, -0.25) is 9.48 Å². The van der Waals surface area contributed by atoms with Gasteiger partial charge in [-0.25, -0.2) is 0 Å². The number of hydrogen-bond donors (Lipinski definition) is 1. The zero-order chi connectivity index (χ0) is 16.6. The molecule has 122 valence electrons. The molecule has 1 N–H and O–H groups in total. The number of nitrogens with one attached hydrogen (secondary N) is 1. The fraction of sp³-hybridized carbons (Fsp3) is 0.615. The Morgan fingerprint density at radius 1 is 1.57 bits per heavy atom. The lowest BCUT2D eigenvalue weighted by Gasteiger charge is -2.36. The van der Waals surface area contributed by atoms with Crippen LogP contribution in [0.15, 0.2) is 11.3 Å². The molecule has 2 atom stereocenters. The van der Waals surface area contributed by atoms with E-state index in [0.29, 0.717) is 37.4 Å². The summed E-state index contributed by atoms with van der Waals surface area (Å²) in [6.07, 6.45) is 0.717. The molecule has 0 bridgehead atoms. The molecule has 1 fully saturated rings. The third-order valence-corrected chi connectivity index (χ3v) is 4.36. The van der Waals surface area contributed by atoms with Crippen molar-refractivity contribution in [3.63, 3.8) is 0 Å². The normalized spacial score (nSPS) is 23.6. The standard InChI is InChI=1S/C13H17N7O3/c1-8-5-20-11(7-18(8)13(22)23)10(4-16-20)19-6-9(2-12(19)21)3-15-17-14/h4,8-9,14H,2-3,5-7H2,1H3/t8-,9?/m0/s1. The first kappa shape index (κ1) is 15.2. The van der Waals surface area contributed by atoms with E-state index in [1.54, 1.807) is 22.7 Å². The van der Waals surface area contributed by atoms with E-state index in [0.717, 1.165) is 0 Å². The molecule has 1 aromatic rings. The number of carboxylic acid groups (broad SMARTS) is 1. The third kappa shape index (κ3) is 2.68. The van der Waals surface area contributed by atoms with E-state index in [-0.39, 0.29) is 24.4 Å². The van der Waals surface area contributed by atoms with Gasteiger partial charge >= 0.3 is 0 Å². The topological polar surface area (TPSA) is 132 Å². The van der Waals surface area contributed by atoms with Crippen molar-refractivity contribution in [1.82, 2.24) is 19.6 Å². The van der Waals surface area contributed by atoms with Gasteiger partial charge in [0.05, 0.1) is 30.7 Å². The summed E-state index contributed by atoms with van der Waals surface area (Å²) >= 11 is 0. The predicted octanol–water partition coefficient (Wildman–Crippen LogP) is -0.666. The maximum atomic E-state index is 12.2. The van der Waals surface area contributed by atoms with Crippen LogP contribution in [0, 0.1) is 11.4 Å². The number of amides is 2. The van der Waals surface area contributed by atoms with Crippen LogP contribution in [0.2, 0.25) is 0 Å². The lowest BCUT2D eigenvalue weighted by molar-refractivity contribution is -0.269. The Bertz CT molecular complexity index is 694. The van der Waals surface area contributed by atoms with E-state index in [1.165, 1.54) is 4.90 Å². The molecule has 0 aromatic carbocycles. The fourth-order valence-electron chi connectivity index (χ4n) is 3.15. The minimum absolute atomic E-state index is 0.00640. The second-order valence-corrected chi connectivity index (χ2v) is 5.90. The van der Waals surface area contributed by atoms with Crippen LogP contribution in [-0.4, -0.2) is 45.8 Å². The molecule has 1 saturated heterocycles. The van der Waals surface area contributed by atoms with Gasteiger partial charge in [-0.05, 0) is 6.92 Å². The van der Waals surface area contributed by atoms with Crippen LogP contribution >= 0.6 is 0 Å². The van der Waals surface area contributed by atoms with Crippen molar-refractivity contribution in [2.45, 2.75) is 32.5 Å². The second kappa shape index (κ2) is 5.81. The molecule has 0 spiro atoms. The zero-order valence-electron chi connectivity index (χ0n) is 12.7. The maximum Gasteiger partial charge on any atom is 0.227 e. The number of nitrogens with zero attached hydrogens (tertiary/aromatic N) is 6. The van der Waals surface area contributed by atoms with Crippen molar-refractivity contribution in [1.29, 1.82) is 5.53 Å². The predicted molar refractivity (Wildman–Crippen MR) is 75.2 cm³/mol. The van der Waals surface area contributed by atoms with E-state index in [1.807, 2.05) is 0 Å². The van der Waals surface area contributed by atoms with Crippen LogP contribution < -0.4 is 14.9 Å². The Labute approximate surface area is 131 Å². The van der Waals surface area contributed by atoms with Gasteiger partial charge < -0.3 is 19.7 Å². The molecule has 2 aliphatic rings. The number of aromatic nitrogens is 2. The number of rotatable bonds is 3. The van der Waals surface area contributed by atoms with Crippen LogP contribution in [-0.2, 0) is 17.9 Å². The highest BCUT2D eigenvalue weighted by atomic mass is 16.4. The molecule has 10 nitrogen and oxygen atoms in total. The van der Waals surface area contributed by atoms with Gasteiger partial charge in [0, 0.05) is 24.9 Å². The van der Waals surface area contributed by atoms with Gasteiger partial charge in [0.15, 0.2) is 0 Å². The highest BCUT2D eigenvalue weighted by Gasteiger charge is 2.35. The first-order valence-electron chi connectivity index (χ1n) is 7.37. The molecule has 2 aliphatic heterocycles. The van der Waals surface area contributed by atoms with Crippen molar-refractivity contribution >= 4 is 17.7 Å². The number of fused-ring (bicyclic) bond motifs is 1. The van der Waals surface area contributed by atoms with Gasteiger partial charge in [0.2, 0.25) is 10.8 Å². The van der Waals surface area contributed by atoms with E-state index in [4.69, 9.17) is 5.53 Å². The van der Waals surface area contributed by atoms with Crippen LogP contribution in [0.5, 0.6) is 0 Å². The second-order valence-electron chi connectivity index (χ2n) is 5.90. The lowest BCUT2D eigenvalue weighted by atomic mass is 10.1. The van der Waals surface area contributed by atoms with Gasteiger partial charge in [-0.15, -0.1) is 0 Å². The Hall–Kier alpha value is -2.74. The lowest BCUT2D eigenvalue weighted by Crippen LogP contribution is -2.50. The van der Waals surface area contributed by atoms with Crippen molar-refractivity contribution in [3.8, 4) is 0 Å². The SMILES string of the molecule is C[C@H]1Cn2ncc(N3CC(CN=[N+]=N)CC3=O)c2CN1C(=O)[O-]. The quantitative estimate of drug-likeness (QED) is 0.584. The number of carbonyl (C=O) groups excluding carboxylic acids is 2. The van der Waals surface area contributed by atoms with Gasteiger partial charge in [-0.1, -0.05) is 0 Å². The summed E-state index contributed by atoms with van der Waals surface area (Å²) < 4.78 is 1.74. The number of hydrogen-bond acceptors (Lipinski definition) is 6. The monoisotopic (exact) mass is 319 g/mol. The van der Waals surface area contributed by atoms with E-state index in [2.05, 4.69) is 15.1 Å². The van der Waals surface area contributed by atoms with Gasteiger partial charge in [0.25, 0.3) is 0 Å². The van der Waals surface area contributed by atoms with Gasteiger partial charge in [-0.2, -0.15) is 5.10 Å². The molecule has 1 unspecified atom stereocenters. The molecule has 23 heavy (non-hydrogen) atoms. The molecular weight excluding hydrogens is 302 g/mol. The average Bonchev–Trinajstić information content (AvgIpc) is 3.06. The Balaban J connectivity index is 1.84.